The van der Waals surface area contributed by atoms with Crippen LogP contribution >= 0.6 is 0 Å². The van der Waals surface area contributed by atoms with E-state index >= 15 is 0 Å². The molecule has 23 heavy (non-hydrogen) atoms. The topological polar surface area (TPSA) is 124 Å². The van der Waals surface area contributed by atoms with Crippen LogP contribution in [0.15, 0.2) is 53.4 Å². The third-order valence-corrected chi connectivity index (χ3v) is 4.39. The van der Waals surface area contributed by atoms with Crippen molar-refractivity contribution < 1.29 is 8.42 Å². The molecule has 9 heteroatoms. The lowest BCUT2D eigenvalue weighted by Crippen LogP contribution is -2.13. The first-order valence-corrected chi connectivity index (χ1v) is 7.94. The Morgan fingerprint density at radius 2 is 1.91 bits per heavy atom. The van der Waals surface area contributed by atoms with Gasteiger partial charge in [-0.25, -0.2) is 8.42 Å². The second-order valence-electron chi connectivity index (χ2n) is 4.56. The zero-order valence-electron chi connectivity index (χ0n) is 11.6. The van der Waals surface area contributed by atoms with Gasteiger partial charge in [0.2, 0.25) is 5.82 Å². The lowest BCUT2D eigenvalue weighted by atomic mass is 10.2. The fourth-order valence-electron chi connectivity index (χ4n) is 1.92. The van der Waals surface area contributed by atoms with Crippen LogP contribution in [0.2, 0.25) is 0 Å². The summed E-state index contributed by atoms with van der Waals surface area (Å²) in [6.07, 6.45) is 0. The highest BCUT2D eigenvalue weighted by atomic mass is 32.2. The van der Waals surface area contributed by atoms with Gasteiger partial charge in [0.15, 0.2) is 0 Å². The standard InChI is InChI=1S/C14H10N6O2S/c15-9-10-2-1-3-13(8-10)23(21,22)18-12-6-4-11(5-7-12)14-16-19-20-17-14/h1-8,18H,(H,16,17,19,20). The number of sulfonamides is 1. The zero-order chi connectivity index (χ0) is 16.3. The van der Waals surface area contributed by atoms with Crippen LogP contribution in [0.5, 0.6) is 0 Å². The van der Waals surface area contributed by atoms with Crippen LogP contribution in [0.25, 0.3) is 11.4 Å². The quantitative estimate of drug-likeness (QED) is 0.749. The zero-order valence-corrected chi connectivity index (χ0v) is 12.4. The summed E-state index contributed by atoms with van der Waals surface area (Å²) in [6, 6.07) is 14.3. The second-order valence-corrected chi connectivity index (χ2v) is 6.24. The van der Waals surface area contributed by atoms with Crippen LogP contribution in [-0.2, 0) is 10.0 Å². The molecule has 114 valence electrons. The minimum Gasteiger partial charge on any atom is -0.280 e. The molecule has 0 saturated heterocycles. The molecule has 0 unspecified atom stereocenters. The lowest BCUT2D eigenvalue weighted by Gasteiger charge is -2.08. The van der Waals surface area contributed by atoms with Gasteiger partial charge in [-0.05, 0) is 47.7 Å². The highest BCUT2D eigenvalue weighted by Crippen LogP contribution is 2.20. The molecule has 0 saturated carbocycles. The summed E-state index contributed by atoms with van der Waals surface area (Å²) in [5, 5.41) is 22.3. The summed E-state index contributed by atoms with van der Waals surface area (Å²) in [5.41, 5.74) is 1.37. The molecule has 8 nitrogen and oxygen atoms in total. The maximum Gasteiger partial charge on any atom is 0.261 e. The van der Waals surface area contributed by atoms with Gasteiger partial charge < -0.3 is 0 Å². The van der Waals surface area contributed by atoms with E-state index in [-0.39, 0.29) is 10.5 Å². The second kappa shape index (κ2) is 5.86. The number of nitrogens with zero attached hydrogens (tertiary/aromatic N) is 4. The van der Waals surface area contributed by atoms with Gasteiger partial charge >= 0.3 is 0 Å². The number of tetrazole rings is 1. The molecule has 0 aliphatic heterocycles. The maximum atomic E-state index is 12.3. The van der Waals surface area contributed by atoms with Crippen molar-refractivity contribution >= 4 is 15.7 Å². The third-order valence-electron chi connectivity index (χ3n) is 3.01. The van der Waals surface area contributed by atoms with Crippen molar-refractivity contribution in [3.8, 4) is 17.5 Å². The summed E-state index contributed by atoms with van der Waals surface area (Å²) < 4.78 is 27.1. The Balaban J connectivity index is 1.84. The minimum absolute atomic E-state index is 0.0267. The lowest BCUT2D eigenvalue weighted by molar-refractivity contribution is 0.601. The first-order chi connectivity index (χ1) is 11.1. The number of aromatic nitrogens is 4. The molecule has 0 aliphatic carbocycles. The van der Waals surface area contributed by atoms with E-state index in [9.17, 15) is 8.42 Å². The van der Waals surface area contributed by atoms with Gasteiger partial charge in [0.1, 0.15) is 0 Å². The average molecular weight is 326 g/mol. The van der Waals surface area contributed by atoms with Crippen molar-refractivity contribution in [2.45, 2.75) is 4.90 Å². The van der Waals surface area contributed by atoms with E-state index in [4.69, 9.17) is 5.26 Å². The molecule has 2 N–H and O–H groups in total. The predicted octanol–water partition coefficient (Wildman–Crippen LogP) is 1.54. The largest absolute Gasteiger partial charge is 0.280 e. The van der Waals surface area contributed by atoms with E-state index in [1.807, 2.05) is 6.07 Å². The van der Waals surface area contributed by atoms with E-state index < -0.39 is 10.0 Å². The summed E-state index contributed by atoms with van der Waals surface area (Å²) in [5.74, 6) is 0.418. The Bertz CT molecular complexity index is 959. The molecule has 0 atom stereocenters. The molecule has 1 aromatic heterocycles. The van der Waals surface area contributed by atoms with Crippen LogP contribution in [0.3, 0.4) is 0 Å². The van der Waals surface area contributed by atoms with Crippen molar-refractivity contribution in [2.75, 3.05) is 4.72 Å². The molecule has 3 rings (SSSR count). The van der Waals surface area contributed by atoms with E-state index in [1.54, 1.807) is 30.3 Å². The Morgan fingerprint density at radius 3 is 2.57 bits per heavy atom. The van der Waals surface area contributed by atoms with Crippen molar-refractivity contribution in [1.82, 2.24) is 20.6 Å². The summed E-state index contributed by atoms with van der Waals surface area (Å²) in [4.78, 5) is 0.0267. The van der Waals surface area contributed by atoms with Gasteiger partial charge in [0.25, 0.3) is 10.0 Å². The van der Waals surface area contributed by atoms with Gasteiger partial charge in [-0.2, -0.15) is 10.5 Å². The number of hydrogen-bond donors (Lipinski definition) is 2. The van der Waals surface area contributed by atoms with Gasteiger partial charge in [0, 0.05) is 11.3 Å². The molecular weight excluding hydrogens is 316 g/mol. The highest BCUT2D eigenvalue weighted by molar-refractivity contribution is 7.92. The maximum absolute atomic E-state index is 12.3. The number of anilines is 1. The number of aromatic amines is 1. The molecule has 1 heterocycles. The van der Waals surface area contributed by atoms with Crippen LogP contribution < -0.4 is 4.72 Å². The number of rotatable bonds is 4. The van der Waals surface area contributed by atoms with Gasteiger partial charge in [-0.15, -0.1) is 10.2 Å². The summed E-state index contributed by atoms with van der Waals surface area (Å²) in [7, 11) is -3.76. The number of nitriles is 1. The van der Waals surface area contributed by atoms with Gasteiger partial charge in [-0.3, -0.25) is 4.72 Å². The minimum atomic E-state index is -3.76. The Morgan fingerprint density at radius 1 is 1.13 bits per heavy atom. The fraction of sp³-hybridized carbons (Fsp3) is 0. The molecule has 0 radical (unpaired) electrons. The van der Waals surface area contributed by atoms with Gasteiger partial charge in [-0.1, -0.05) is 6.07 Å². The molecule has 3 aromatic rings. The normalized spacial score (nSPS) is 10.9. The van der Waals surface area contributed by atoms with Crippen LogP contribution in [-0.4, -0.2) is 29.0 Å². The van der Waals surface area contributed by atoms with Crippen molar-refractivity contribution in [2.24, 2.45) is 0 Å². The average Bonchev–Trinajstić information content (AvgIpc) is 3.10. The molecule has 0 amide bonds. The molecule has 0 bridgehead atoms. The Hall–Kier alpha value is -3.25. The van der Waals surface area contributed by atoms with E-state index in [1.165, 1.54) is 18.2 Å². The van der Waals surface area contributed by atoms with Gasteiger partial charge in [0.05, 0.1) is 16.5 Å². The third kappa shape index (κ3) is 3.17. The molecule has 0 fully saturated rings. The molecular formula is C14H10N6O2S. The van der Waals surface area contributed by atoms with Crippen molar-refractivity contribution in [3.05, 3.63) is 54.1 Å². The van der Waals surface area contributed by atoms with Crippen LogP contribution in [0, 0.1) is 11.3 Å². The van der Waals surface area contributed by atoms with E-state index in [0.717, 1.165) is 0 Å². The number of hydrogen-bond acceptors (Lipinski definition) is 6. The summed E-state index contributed by atoms with van der Waals surface area (Å²) in [6.45, 7) is 0. The number of nitrogens with one attached hydrogen (secondary N) is 2. The molecule has 0 aliphatic rings. The van der Waals surface area contributed by atoms with Crippen LogP contribution in [0.4, 0.5) is 5.69 Å². The SMILES string of the molecule is N#Cc1cccc(S(=O)(=O)Nc2ccc(-c3nn[nH]n3)cc2)c1. The smallest absolute Gasteiger partial charge is 0.261 e. The first-order valence-electron chi connectivity index (χ1n) is 6.45. The van der Waals surface area contributed by atoms with E-state index in [0.29, 0.717) is 17.1 Å². The predicted molar refractivity (Wildman–Crippen MR) is 81.6 cm³/mol. The Labute approximate surface area is 131 Å². The van der Waals surface area contributed by atoms with Crippen molar-refractivity contribution in [1.29, 1.82) is 5.26 Å². The first kappa shape index (κ1) is 14.7. The molecule has 2 aromatic carbocycles. The highest BCUT2D eigenvalue weighted by Gasteiger charge is 2.15. The number of benzene rings is 2. The van der Waals surface area contributed by atoms with Crippen molar-refractivity contribution in [3.63, 3.8) is 0 Å². The Kier molecular flexibility index (Phi) is 3.74. The number of H-pyrrole nitrogens is 1. The monoisotopic (exact) mass is 326 g/mol. The summed E-state index contributed by atoms with van der Waals surface area (Å²) >= 11 is 0. The molecule has 0 spiro atoms. The van der Waals surface area contributed by atoms with Crippen LogP contribution in [0.1, 0.15) is 5.56 Å². The van der Waals surface area contributed by atoms with E-state index in [2.05, 4.69) is 25.3 Å². The fourth-order valence-corrected chi connectivity index (χ4v) is 3.02.